The monoisotopic (exact) mass is 158 g/mol. The molecule has 1 unspecified atom stereocenters. The van der Waals surface area contributed by atoms with Gasteiger partial charge in [-0.25, -0.2) is 0 Å². The highest BCUT2D eigenvalue weighted by Crippen LogP contribution is 1.97. The third kappa shape index (κ3) is 5.82. The van der Waals surface area contributed by atoms with E-state index in [4.69, 9.17) is 11.5 Å². The Kier molecular flexibility index (Phi) is 5.78. The number of hydrogen-bond donors (Lipinski definition) is 2. The van der Waals surface area contributed by atoms with Gasteiger partial charge < -0.3 is 11.5 Å². The van der Waals surface area contributed by atoms with E-state index in [2.05, 4.69) is 5.32 Å². The van der Waals surface area contributed by atoms with Crippen LogP contribution in [0.2, 0.25) is 0 Å². The van der Waals surface area contributed by atoms with E-state index in [1.54, 1.807) is 0 Å². The van der Waals surface area contributed by atoms with Crippen molar-refractivity contribution in [1.29, 1.82) is 0 Å². The van der Waals surface area contributed by atoms with Gasteiger partial charge in [-0.1, -0.05) is 0 Å². The SMILES string of the molecule is C[N]C(=O)CCC(N)CCN. The van der Waals surface area contributed by atoms with E-state index in [1.807, 2.05) is 0 Å². The number of amides is 1. The van der Waals surface area contributed by atoms with Gasteiger partial charge in [0.1, 0.15) is 0 Å². The Labute approximate surface area is 67.3 Å². The van der Waals surface area contributed by atoms with Crippen LogP contribution in [0.15, 0.2) is 0 Å². The molecule has 0 rings (SSSR count). The molecule has 0 saturated heterocycles. The van der Waals surface area contributed by atoms with Gasteiger partial charge in [-0.3, -0.25) is 10.1 Å². The van der Waals surface area contributed by atoms with Crippen molar-refractivity contribution in [2.24, 2.45) is 11.5 Å². The molecule has 11 heavy (non-hydrogen) atoms. The van der Waals surface area contributed by atoms with Crippen molar-refractivity contribution in [2.75, 3.05) is 13.6 Å². The standard InChI is InChI=1S/C7H16N3O/c1-10-7(11)3-2-6(9)4-5-8/h6H,2-5,8-9H2,1H3. The molecule has 0 aromatic rings. The van der Waals surface area contributed by atoms with Crippen LogP contribution in [-0.4, -0.2) is 25.5 Å². The van der Waals surface area contributed by atoms with Crippen LogP contribution in [0.4, 0.5) is 0 Å². The topological polar surface area (TPSA) is 83.2 Å². The zero-order chi connectivity index (χ0) is 8.69. The van der Waals surface area contributed by atoms with Gasteiger partial charge in [0, 0.05) is 19.5 Å². The molecule has 0 heterocycles. The maximum Gasteiger partial charge on any atom is 0.240 e. The number of nitrogens with zero attached hydrogens (tertiary/aromatic N) is 1. The van der Waals surface area contributed by atoms with Crippen molar-refractivity contribution in [3.05, 3.63) is 0 Å². The summed E-state index contributed by atoms with van der Waals surface area (Å²) >= 11 is 0. The van der Waals surface area contributed by atoms with Gasteiger partial charge in [0.05, 0.1) is 0 Å². The van der Waals surface area contributed by atoms with Gasteiger partial charge in [-0.15, -0.1) is 0 Å². The normalized spacial score (nSPS) is 12.6. The van der Waals surface area contributed by atoms with Crippen LogP contribution in [0.5, 0.6) is 0 Å². The summed E-state index contributed by atoms with van der Waals surface area (Å²) in [6.45, 7) is 0.582. The lowest BCUT2D eigenvalue weighted by molar-refractivity contribution is -0.121. The summed E-state index contributed by atoms with van der Waals surface area (Å²) in [5.74, 6) is -0.0857. The molecule has 0 bridgehead atoms. The molecule has 1 radical (unpaired) electrons. The van der Waals surface area contributed by atoms with E-state index < -0.39 is 0 Å². The van der Waals surface area contributed by atoms with Gasteiger partial charge in [-0.2, -0.15) is 0 Å². The average Bonchev–Trinajstić information content (AvgIpc) is 2.01. The van der Waals surface area contributed by atoms with E-state index in [0.29, 0.717) is 19.4 Å². The van der Waals surface area contributed by atoms with Crippen LogP contribution < -0.4 is 16.8 Å². The first-order chi connectivity index (χ1) is 5.20. The molecule has 4 nitrogen and oxygen atoms in total. The number of hydrogen-bond acceptors (Lipinski definition) is 3. The average molecular weight is 158 g/mol. The molecule has 0 spiro atoms. The summed E-state index contributed by atoms with van der Waals surface area (Å²) in [7, 11) is 1.50. The molecule has 0 aliphatic heterocycles. The van der Waals surface area contributed by atoms with E-state index in [9.17, 15) is 4.79 Å². The largest absolute Gasteiger partial charge is 0.330 e. The highest BCUT2D eigenvalue weighted by atomic mass is 16.1. The van der Waals surface area contributed by atoms with Crippen molar-refractivity contribution in [3.63, 3.8) is 0 Å². The Morgan fingerprint density at radius 3 is 2.64 bits per heavy atom. The number of nitrogens with two attached hydrogens (primary N) is 2. The third-order valence-corrected chi connectivity index (χ3v) is 1.52. The van der Waals surface area contributed by atoms with E-state index in [-0.39, 0.29) is 11.9 Å². The van der Waals surface area contributed by atoms with Crippen molar-refractivity contribution >= 4 is 5.91 Å². The number of carbonyl (C=O) groups excluding carboxylic acids is 1. The molecule has 0 fully saturated rings. The van der Waals surface area contributed by atoms with Crippen LogP contribution >= 0.6 is 0 Å². The minimum absolute atomic E-state index is 0.0469. The van der Waals surface area contributed by atoms with Crippen LogP contribution in [0.1, 0.15) is 19.3 Å². The lowest BCUT2D eigenvalue weighted by Crippen LogP contribution is -2.25. The molecular formula is C7H16N3O. The molecule has 0 aliphatic carbocycles. The Hall–Kier alpha value is -0.610. The molecule has 4 N–H and O–H groups in total. The fourth-order valence-electron chi connectivity index (χ4n) is 0.779. The van der Waals surface area contributed by atoms with Crippen molar-refractivity contribution < 1.29 is 4.79 Å². The molecule has 1 atom stereocenters. The van der Waals surface area contributed by atoms with Gasteiger partial charge in [0.25, 0.3) is 0 Å². The van der Waals surface area contributed by atoms with E-state index in [0.717, 1.165) is 6.42 Å². The number of rotatable bonds is 5. The minimum Gasteiger partial charge on any atom is -0.330 e. The van der Waals surface area contributed by atoms with Crippen LogP contribution in [0.3, 0.4) is 0 Å². The van der Waals surface area contributed by atoms with Crippen LogP contribution in [0.25, 0.3) is 0 Å². The predicted molar refractivity (Wildman–Crippen MR) is 43.9 cm³/mol. The second-order valence-corrected chi connectivity index (χ2v) is 2.49. The first kappa shape index (κ1) is 10.4. The summed E-state index contributed by atoms with van der Waals surface area (Å²) in [6, 6.07) is 0.0469. The number of carbonyl (C=O) groups is 1. The van der Waals surface area contributed by atoms with E-state index in [1.165, 1.54) is 7.05 Å². The lowest BCUT2D eigenvalue weighted by atomic mass is 10.1. The molecular weight excluding hydrogens is 142 g/mol. The van der Waals surface area contributed by atoms with Crippen molar-refractivity contribution in [1.82, 2.24) is 5.32 Å². The first-order valence-electron chi connectivity index (χ1n) is 3.79. The Bertz CT molecular complexity index is 116. The first-order valence-corrected chi connectivity index (χ1v) is 3.79. The van der Waals surface area contributed by atoms with Gasteiger partial charge in [-0.05, 0) is 19.4 Å². The fraction of sp³-hybridized carbons (Fsp3) is 0.857. The molecule has 4 heteroatoms. The predicted octanol–water partition coefficient (Wildman–Crippen LogP) is -0.796. The van der Waals surface area contributed by atoms with Crippen molar-refractivity contribution in [2.45, 2.75) is 25.3 Å². The fourth-order valence-corrected chi connectivity index (χ4v) is 0.779. The van der Waals surface area contributed by atoms with Crippen LogP contribution in [-0.2, 0) is 4.79 Å². The molecule has 0 aromatic carbocycles. The third-order valence-electron chi connectivity index (χ3n) is 1.52. The Morgan fingerprint density at radius 1 is 1.55 bits per heavy atom. The smallest absolute Gasteiger partial charge is 0.240 e. The molecule has 65 valence electrons. The summed E-state index contributed by atoms with van der Waals surface area (Å²) in [4.78, 5) is 10.7. The van der Waals surface area contributed by atoms with Crippen LogP contribution in [0, 0.1) is 0 Å². The minimum atomic E-state index is -0.0857. The highest BCUT2D eigenvalue weighted by Gasteiger charge is 2.04. The summed E-state index contributed by atoms with van der Waals surface area (Å²) in [5, 5.41) is 3.49. The lowest BCUT2D eigenvalue weighted by Gasteiger charge is -2.07. The Balaban J connectivity index is 3.29. The quantitative estimate of drug-likeness (QED) is 0.549. The van der Waals surface area contributed by atoms with Crippen molar-refractivity contribution in [3.8, 4) is 0 Å². The summed E-state index contributed by atoms with van der Waals surface area (Å²) in [5.41, 5.74) is 10.9. The molecule has 0 saturated carbocycles. The molecule has 0 aromatic heterocycles. The Morgan fingerprint density at radius 2 is 2.18 bits per heavy atom. The van der Waals surface area contributed by atoms with Gasteiger partial charge in [0.15, 0.2) is 0 Å². The van der Waals surface area contributed by atoms with Gasteiger partial charge >= 0.3 is 0 Å². The molecule has 1 amide bonds. The summed E-state index contributed by atoms with van der Waals surface area (Å²) < 4.78 is 0. The zero-order valence-electron chi connectivity index (χ0n) is 6.92. The van der Waals surface area contributed by atoms with Gasteiger partial charge in [0.2, 0.25) is 5.91 Å². The van der Waals surface area contributed by atoms with E-state index >= 15 is 0 Å². The summed E-state index contributed by atoms with van der Waals surface area (Å²) in [6.07, 6.45) is 1.90. The maximum absolute atomic E-state index is 10.7. The highest BCUT2D eigenvalue weighted by molar-refractivity contribution is 5.75. The maximum atomic E-state index is 10.7. The molecule has 0 aliphatic rings. The zero-order valence-corrected chi connectivity index (χ0v) is 6.92. The second kappa shape index (κ2) is 6.12. The second-order valence-electron chi connectivity index (χ2n) is 2.49.